The zero-order chi connectivity index (χ0) is 21.1. The molecule has 0 unspecified atom stereocenters. The molecule has 5 nitrogen and oxygen atoms in total. The number of likely N-dealkylation sites (N-methyl/N-ethyl adjacent to an activating group) is 2. The van der Waals surface area contributed by atoms with E-state index in [1.807, 2.05) is 30.0 Å². The van der Waals surface area contributed by atoms with Gasteiger partial charge < -0.3 is 15.1 Å². The van der Waals surface area contributed by atoms with Crippen molar-refractivity contribution in [2.45, 2.75) is 66.7 Å². The zero-order valence-electron chi connectivity index (χ0n) is 18.7. The number of nitrogens with zero attached hydrogens (tertiary/aromatic N) is 2. The number of anilines is 1. The average molecular weight is 390 g/mol. The molecule has 0 spiro atoms. The topological polar surface area (TPSA) is 52.7 Å². The van der Waals surface area contributed by atoms with Gasteiger partial charge in [-0.1, -0.05) is 47.1 Å². The van der Waals surface area contributed by atoms with Crippen molar-refractivity contribution in [1.82, 2.24) is 9.80 Å². The van der Waals surface area contributed by atoms with Gasteiger partial charge in [0.15, 0.2) is 0 Å². The van der Waals surface area contributed by atoms with Gasteiger partial charge in [-0.2, -0.15) is 0 Å². The summed E-state index contributed by atoms with van der Waals surface area (Å²) < 4.78 is 0. The number of unbranched alkanes of at least 4 members (excludes halogenated alkanes) is 1. The van der Waals surface area contributed by atoms with Gasteiger partial charge >= 0.3 is 0 Å². The van der Waals surface area contributed by atoms with Gasteiger partial charge in [-0.05, 0) is 50.0 Å². The van der Waals surface area contributed by atoms with Crippen LogP contribution in [0.15, 0.2) is 18.2 Å². The normalized spacial score (nSPS) is 11.1. The zero-order valence-corrected chi connectivity index (χ0v) is 18.7. The Morgan fingerprint density at radius 3 is 2.21 bits per heavy atom. The molecular formula is C23H39N3O2. The van der Waals surface area contributed by atoms with Crippen LogP contribution < -0.4 is 5.32 Å². The minimum atomic E-state index is -0.0250. The van der Waals surface area contributed by atoms with Crippen LogP contribution in [0.25, 0.3) is 0 Å². The third-order valence-electron chi connectivity index (χ3n) is 5.22. The molecule has 1 rings (SSSR count). The fraction of sp³-hybridized carbons (Fsp3) is 0.652. The first kappa shape index (κ1) is 24.2. The van der Waals surface area contributed by atoms with Gasteiger partial charge in [-0.15, -0.1) is 0 Å². The van der Waals surface area contributed by atoms with Crippen LogP contribution in [-0.4, -0.2) is 54.3 Å². The predicted octanol–water partition coefficient (Wildman–Crippen LogP) is 4.74. The van der Waals surface area contributed by atoms with Crippen molar-refractivity contribution in [1.29, 1.82) is 0 Å². The smallest absolute Gasteiger partial charge is 0.255 e. The number of benzene rings is 1. The molecule has 0 atom stereocenters. The minimum absolute atomic E-state index is 0.0178. The lowest BCUT2D eigenvalue weighted by Gasteiger charge is -2.26. The van der Waals surface area contributed by atoms with Gasteiger partial charge in [0, 0.05) is 26.1 Å². The first-order valence-electron chi connectivity index (χ1n) is 10.8. The van der Waals surface area contributed by atoms with E-state index in [1.54, 1.807) is 0 Å². The summed E-state index contributed by atoms with van der Waals surface area (Å²) in [4.78, 5) is 29.7. The minimum Gasteiger partial charge on any atom is -0.338 e. The summed E-state index contributed by atoms with van der Waals surface area (Å²) in [5.41, 5.74) is 2.34. The van der Waals surface area contributed by atoms with Crippen molar-refractivity contribution in [3.8, 4) is 0 Å². The van der Waals surface area contributed by atoms with Gasteiger partial charge in [-0.3, -0.25) is 9.59 Å². The van der Waals surface area contributed by atoms with Gasteiger partial charge in [0.1, 0.15) is 0 Å². The molecule has 0 aliphatic rings. The number of nitrogens with one attached hydrogen (secondary N) is 1. The number of carbonyl (C=O) groups excluding carboxylic acids is 2. The Kier molecular flexibility index (Phi) is 10.8. The van der Waals surface area contributed by atoms with Crippen molar-refractivity contribution in [2.75, 3.05) is 38.0 Å². The molecule has 0 saturated heterocycles. The van der Waals surface area contributed by atoms with E-state index in [1.165, 1.54) is 0 Å². The number of amides is 2. The lowest BCUT2D eigenvalue weighted by Crippen LogP contribution is -2.39. The molecule has 0 saturated carbocycles. The van der Waals surface area contributed by atoms with E-state index >= 15 is 0 Å². The highest BCUT2D eigenvalue weighted by Gasteiger charge is 2.20. The third-order valence-corrected chi connectivity index (χ3v) is 5.22. The summed E-state index contributed by atoms with van der Waals surface area (Å²) >= 11 is 0. The maximum absolute atomic E-state index is 13.2. The largest absolute Gasteiger partial charge is 0.338 e. The molecule has 0 radical (unpaired) electrons. The Hall–Kier alpha value is -1.88. The van der Waals surface area contributed by atoms with Crippen LogP contribution in [-0.2, 0) is 4.79 Å². The molecule has 1 N–H and O–H groups in total. The fourth-order valence-electron chi connectivity index (χ4n) is 3.14. The van der Waals surface area contributed by atoms with Crippen molar-refractivity contribution < 1.29 is 9.59 Å². The molecule has 0 heterocycles. The molecule has 1 aromatic rings. The van der Waals surface area contributed by atoms with Crippen LogP contribution in [0.1, 0.15) is 82.6 Å². The molecule has 0 aromatic heterocycles. The van der Waals surface area contributed by atoms with Gasteiger partial charge in [0.25, 0.3) is 5.91 Å². The van der Waals surface area contributed by atoms with Gasteiger partial charge in [0.2, 0.25) is 5.91 Å². The van der Waals surface area contributed by atoms with Crippen LogP contribution in [0.5, 0.6) is 0 Å². The molecule has 0 aliphatic heterocycles. The number of hydrogen-bond donors (Lipinski definition) is 1. The highest BCUT2D eigenvalue weighted by molar-refractivity contribution is 6.04. The summed E-state index contributed by atoms with van der Waals surface area (Å²) in [7, 11) is 0. The maximum atomic E-state index is 13.2. The monoisotopic (exact) mass is 389 g/mol. The predicted molar refractivity (Wildman–Crippen MR) is 118 cm³/mol. The Bertz CT molecular complexity index is 624. The third kappa shape index (κ3) is 7.27. The van der Waals surface area contributed by atoms with E-state index in [9.17, 15) is 9.59 Å². The van der Waals surface area contributed by atoms with E-state index in [2.05, 4.69) is 44.8 Å². The Balaban J connectivity index is 3.07. The van der Waals surface area contributed by atoms with E-state index in [0.29, 0.717) is 36.7 Å². The van der Waals surface area contributed by atoms with Crippen LogP contribution in [0, 0.1) is 0 Å². The molecule has 0 fully saturated rings. The lowest BCUT2D eigenvalue weighted by molar-refractivity contribution is -0.116. The number of carbonyl (C=O) groups is 2. The molecule has 28 heavy (non-hydrogen) atoms. The van der Waals surface area contributed by atoms with E-state index < -0.39 is 0 Å². The average Bonchev–Trinajstić information content (AvgIpc) is 2.69. The fourth-order valence-corrected chi connectivity index (χ4v) is 3.14. The summed E-state index contributed by atoms with van der Waals surface area (Å²) in [5.74, 6) is 0.291. The Labute approximate surface area is 171 Å². The SMILES string of the molecule is CCCCC(=O)Nc1cc(C(C)C)ccc1C(=O)N(CC)CCN(CC)CC. The molecule has 5 heteroatoms. The second kappa shape index (κ2) is 12.6. The Morgan fingerprint density at radius 2 is 1.68 bits per heavy atom. The number of hydrogen-bond acceptors (Lipinski definition) is 3. The molecule has 1 aromatic carbocycles. The summed E-state index contributed by atoms with van der Waals surface area (Å²) in [6.07, 6.45) is 2.31. The van der Waals surface area contributed by atoms with E-state index in [-0.39, 0.29) is 11.8 Å². The summed E-state index contributed by atoms with van der Waals surface area (Å²) in [5, 5.41) is 2.99. The van der Waals surface area contributed by atoms with Gasteiger partial charge in [-0.25, -0.2) is 0 Å². The highest BCUT2D eigenvalue weighted by Crippen LogP contribution is 2.24. The van der Waals surface area contributed by atoms with E-state index in [4.69, 9.17) is 0 Å². The quantitative estimate of drug-likeness (QED) is 0.562. The standard InChI is InChI=1S/C23H39N3O2/c1-7-11-12-22(27)24-21-17-19(18(5)6)13-14-20(21)23(28)26(10-4)16-15-25(8-2)9-3/h13-14,17-18H,7-12,15-16H2,1-6H3,(H,24,27). The highest BCUT2D eigenvalue weighted by atomic mass is 16.2. The summed E-state index contributed by atoms with van der Waals surface area (Å²) in [6.45, 7) is 16.7. The molecule has 158 valence electrons. The van der Waals surface area contributed by atoms with Crippen molar-refractivity contribution in [2.24, 2.45) is 0 Å². The molecule has 0 bridgehead atoms. The number of rotatable bonds is 12. The second-order valence-corrected chi connectivity index (χ2v) is 7.52. The van der Waals surface area contributed by atoms with Crippen molar-refractivity contribution in [3.05, 3.63) is 29.3 Å². The first-order valence-corrected chi connectivity index (χ1v) is 10.8. The van der Waals surface area contributed by atoms with E-state index in [0.717, 1.165) is 38.0 Å². The van der Waals surface area contributed by atoms with Crippen LogP contribution in [0.4, 0.5) is 5.69 Å². The van der Waals surface area contributed by atoms with Crippen molar-refractivity contribution in [3.63, 3.8) is 0 Å². The molecule has 2 amide bonds. The van der Waals surface area contributed by atoms with Crippen LogP contribution in [0.3, 0.4) is 0 Å². The summed E-state index contributed by atoms with van der Waals surface area (Å²) in [6, 6.07) is 5.82. The van der Waals surface area contributed by atoms with Crippen LogP contribution in [0.2, 0.25) is 0 Å². The lowest BCUT2D eigenvalue weighted by atomic mass is 9.99. The van der Waals surface area contributed by atoms with Gasteiger partial charge in [0.05, 0.1) is 11.3 Å². The van der Waals surface area contributed by atoms with Crippen molar-refractivity contribution >= 4 is 17.5 Å². The van der Waals surface area contributed by atoms with Crippen LogP contribution >= 0.6 is 0 Å². The molecular weight excluding hydrogens is 350 g/mol. The Morgan fingerprint density at radius 1 is 1.00 bits per heavy atom. The first-order chi connectivity index (χ1) is 13.4. The second-order valence-electron chi connectivity index (χ2n) is 7.52. The molecule has 0 aliphatic carbocycles. The maximum Gasteiger partial charge on any atom is 0.255 e.